The molecule has 0 amide bonds. The molecule has 0 radical (unpaired) electrons. The standard InChI is InChI=1S/C22H28N2O3/c1-5-6-10-27-21(26)18-14(2)24-16-11-22(3,4)12-17(25)20(16)19(18)15-8-7-9-23-13-15/h7-9,13,19,24H,5-6,10-12H2,1-4H3/t19-/m0/s1. The van der Waals surface area contributed by atoms with Crippen molar-refractivity contribution in [3.63, 3.8) is 0 Å². The average molecular weight is 368 g/mol. The Balaban J connectivity index is 2.06. The highest BCUT2D eigenvalue weighted by molar-refractivity contribution is 6.04. The van der Waals surface area contributed by atoms with E-state index < -0.39 is 5.92 Å². The highest BCUT2D eigenvalue weighted by Gasteiger charge is 2.43. The van der Waals surface area contributed by atoms with Crippen molar-refractivity contribution < 1.29 is 14.3 Å². The van der Waals surface area contributed by atoms with Crippen LogP contribution in [0.25, 0.3) is 0 Å². The number of carbonyl (C=O) groups excluding carboxylic acids is 2. The van der Waals surface area contributed by atoms with Gasteiger partial charge in [-0.15, -0.1) is 0 Å². The minimum absolute atomic E-state index is 0.0916. The van der Waals surface area contributed by atoms with Gasteiger partial charge < -0.3 is 10.1 Å². The topological polar surface area (TPSA) is 68.3 Å². The molecule has 5 heteroatoms. The van der Waals surface area contributed by atoms with E-state index in [9.17, 15) is 9.59 Å². The quantitative estimate of drug-likeness (QED) is 0.628. The molecule has 0 bridgehead atoms. The Hall–Kier alpha value is -2.43. The van der Waals surface area contributed by atoms with Crippen LogP contribution in [0.2, 0.25) is 0 Å². The molecule has 0 aromatic carbocycles. The van der Waals surface area contributed by atoms with Crippen molar-refractivity contribution in [3.05, 3.63) is 52.6 Å². The molecule has 1 atom stereocenters. The van der Waals surface area contributed by atoms with Gasteiger partial charge in [0.05, 0.1) is 12.2 Å². The van der Waals surface area contributed by atoms with E-state index in [-0.39, 0.29) is 17.2 Å². The van der Waals surface area contributed by atoms with Gasteiger partial charge in [-0.25, -0.2) is 4.79 Å². The van der Waals surface area contributed by atoms with Crippen molar-refractivity contribution in [3.8, 4) is 0 Å². The van der Waals surface area contributed by atoms with Crippen molar-refractivity contribution in [2.75, 3.05) is 6.61 Å². The fraction of sp³-hybridized carbons (Fsp3) is 0.500. The lowest BCUT2D eigenvalue weighted by Gasteiger charge is -2.39. The Kier molecular flexibility index (Phi) is 5.49. The fourth-order valence-corrected chi connectivity index (χ4v) is 3.97. The van der Waals surface area contributed by atoms with Crippen LogP contribution in [0.1, 0.15) is 64.9 Å². The number of rotatable bonds is 5. The predicted molar refractivity (Wildman–Crippen MR) is 104 cm³/mol. The summed E-state index contributed by atoms with van der Waals surface area (Å²) in [6, 6.07) is 3.76. The number of aromatic nitrogens is 1. The Morgan fingerprint density at radius 2 is 2.15 bits per heavy atom. The lowest BCUT2D eigenvalue weighted by molar-refractivity contribution is -0.139. The molecule has 2 aliphatic rings. The number of esters is 1. The van der Waals surface area contributed by atoms with E-state index in [2.05, 4.69) is 31.1 Å². The van der Waals surface area contributed by atoms with Crippen LogP contribution >= 0.6 is 0 Å². The van der Waals surface area contributed by atoms with Gasteiger partial charge in [-0.1, -0.05) is 33.3 Å². The van der Waals surface area contributed by atoms with Crippen LogP contribution in [0.4, 0.5) is 0 Å². The second-order valence-corrected chi connectivity index (χ2v) is 8.21. The molecule has 0 saturated carbocycles. The molecule has 27 heavy (non-hydrogen) atoms. The van der Waals surface area contributed by atoms with E-state index in [4.69, 9.17) is 4.74 Å². The van der Waals surface area contributed by atoms with Crippen LogP contribution in [0.3, 0.4) is 0 Å². The third kappa shape index (κ3) is 3.97. The van der Waals surface area contributed by atoms with Gasteiger partial charge in [0.1, 0.15) is 0 Å². The molecule has 0 fully saturated rings. The van der Waals surface area contributed by atoms with Crippen molar-refractivity contribution in [2.24, 2.45) is 5.41 Å². The van der Waals surface area contributed by atoms with Crippen molar-refractivity contribution in [2.45, 2.75) is 59.3 Å². The SMILES string of the molecule is CCCCOC(=O)C1=C(C)NC2=C(C(=O)CC(C)(C)C2)[C@H]1c1cccnc1. The van der Waals surface area contributed by atoms with Crippen LogP contribution in [-0.2, 0) is 14.3 Å². The van der Waals surface area contributed by atoms with Gasteiger partial charge in [-0.05, 0) is 36.8 Å². The molecule has 0 unspecified atom stereocenters. The van der Waals surface area contributed by atoms with Crippen LogP contribution in [0.5, 0.6) is 0 Å². The number of allylic oxidation sites excluding steroid dienone is 3. The van der Waals surface area contributed by atoms with E-state index in [1.165, 1.54) is 0 Å². The summed E-state index contributed by atoms with van der Waals surface area (Å²) in [7, 11) is 0. The highest BCUT2D eigenvalue weighted by atomic mass is 16.5. The van der Waals surface area contributed by atoms with Crippen molar-refractivity contribution >= 4 is 11.8 Å². The lowest BCUT2D eigenvalue weighted by Crippen LogP contribution is -2.38. The average Bonchev–Trinajstić information content (AvgIpc) is 2.60. The van der Waals surface area contributed by atoms with Gasteiger partial charge in [-0.2, -0.15) is 0 Å². The van der Waals surface area contributed by atoms with Gasteiger partial charge in [0.2, 0.25) is 0 Å². The van der Waals surface area contributed by atoms with Gasteiger partial charge in [0.15, 0.2) is 5.78 Å². The zero-order valence-electron chi connectivity index (χ0n) is 16.6. The van der Waals surface area contributed by atoms with Crippen molar-refractivity contribution in [1.29, 1.82) is 0 Å². The molecule has 2 heterocycles. The molecule has 1 N–H and O–H groups in total. The maximum absolute atomic E-state index is 13.1. The molecule has 1 aromatic rings. The Bertz CT molecular complexity index is 806. The number of unbranched alkanes of at least 4 members (excludes halogenated alkanes) is 1. The number of pyridine rings is 1. The first kappa shape index (κ1) is 19.3. The molecule has 0 saturated heterocycles. The summed E-state index contributed by atoms with van der Waals surface area (Å²) < 4.78 is 5.51. The molecular formula is C22H28N2O3. The zero-order chi connectivity index (χ0) is 19.6. The maximum Gasteiger partial charge on any atom is 0.336 e. The van der Waals surface area contributed by atoms with Gasteiger partial charge in [0.25, 0.3) is 0 Å². The molecular weight excluding hydrogens is 340 g/mol. The predicted octanol–water partition coefficient (Wildman–Crippen LogP) is 4.03. The highest BCUT2D eigenvalue weighted by Crippen LogP contribution is 2.46. The number of Topliss-reactive ketones (excluding diaryl/α,β-unsaturated/α-hetero) is 1. The summed E-state index contributed by atoms with van der Waals surface area (Å²) in [5, 5.41) is 3.34. The van der Waals surface area contributed by atoms with Crippen LogP contribution < -0.4 is 5.32 Å². The second-order valence-electron chi connectivity index (χ2n) is 8.21. The first-order chi connectivity index (χ1) is 12.8. The number of hydrogen-bond donors (Lipinski definition) is 1. The smallest absolute Gasteiger partial charge is 0.336 e. The van der Waals surface area contributed by atoms with Gasteiger partial charge >= 0.3 is 5.97 Å². The first-order valence-electron chi connectivity index (χ1n) is 9.65. The number of ether oxygens (including phenoxy) is 1. The summed E-state index contributed by atoms with van der Waals surface area (Å²) in [5.41, 5.74) is 3.65. The van der Waals surface area contributed by atoms with Crippen LogP contribution in [-0.4, -0.2) is 23.3 Å². The molecule has 1 aromatic heterocycles. The van der Waals surface area contributed by atoms with E-state index in [0.29, 0.717) is 24.2 Å². The summed E-state index contributed by atoms with van der Waals surface area (Å²) in [6.07, 6.45) is 6.46. The molecule has 0 spiro atoms. The molecule has 5 nitrogen and oxygen atoms in total. The summed E-state index contributed by atoms with van der Waals surface area (Å²) in [4.78, 5) is 30.2. The zero-order valence-corrected chi connectivity index (χ0v) is 16.6. The van der Waals surface area contributed by atoms with E-state index in [0.717, 1.165) is 36.2 Å². The molecule has 1 aliphatic heterocycles. The third-order valence-electron chi connectivity index (χ3n) is 5.21. The number of hydrogen-bond acceptors (Lipinski definition) is 5. The Labute approximate surface area is 160 Å². The minimum Gasteiger partial charge on any atom is -0.462 e. The van der Waals surface area contributed by atoms with E-state index in [1.54, 1.807) is 12.4 Å². The van der Waals surface area contributed by atoms with Gasteiger partial charge in [-0.3, -0.25) is 9.78 Å². The van der Waals surface area contributed by atoms with Crippen LogP contribution in [0.15, 0.2) is 47.1 Å². The summed E-state index contributed by atoms with van der Waals surface area (Å²) in [5.74, 6) is -0.687. The van der Waals surface area contributed by atoms with Crippen molar-refractivity contribution in [1.82, 2.24) is 10.3 Å². The third-order valence-corrected chi connectivity index (χ3v) is 5.21. The first-order valence-corrected chi connectivity index (χ1v) is 9.65. The number of ketones is 1. The lowest BCUT2D eigenvalue weighted by atomic mass is 9.69. The number of carbonyl (C=O) groups is 2. The fourth-order valence-electron chi connectivity index (χ4n) is 3.97. The van der Waals surface area contributed by atoms with Crippen LogP contribution in [0, 0.1) is 5.41 Å². The maximum atomic E-state index is 13.1. The minimum atomic E-state index is -0.423. The van der Waals surface area contributed by atoms with E-state index in [1.807, 2.05) is 19.1 Å². The monoisotopic (exact) mass is 368 g/mol. The molecule has 144 valence electrons. The summed E-state index contributed by atoms with van der Waals surface area (Å²) in [6.45, 7) is 8.53. The van der Waals surface area contributed by atoms with Gasteiger partial charge in [0, 0.05) is 41.7 Å². The largest absolute Gasteiger partial charge is 0.462 e. The number of dihydropyridines is 1. The Morgan fingerprint density at radius 1 is 1.37 bits per heavy atom. The Morgan fingerprint density at radius 3 is 2.81 bits per heavy atom. The number of nitrogens with zero attached hydrogens (tertiary/aromatic N) is 1. The number of nitrogens with one attached hydrogen (secondary N) is 1. The second kappa shape index (κ2) is 7.67. The van der Waals surface area contributed by atoms with E-state index >= 15 is 0 Å². The molecule has 3 rings (SSSR count). The summed E-state index contributed by atoms with van der Waals surface area (Å²) >= 11 is 0. The normalized spacial score (nSPS) is 21.6. The molecule has 1 aliphatic carbocycles.